The predicted molar refractivity (Wildman–Crippen MR) is 85.5 cm³/mol. The van der Waals surface area contributed by atoms with E-state index in [0.29, 0.717) is 25.4 Å². The van der Waals surface area contributed by atoms with E-state index in [1.165, 1.54) is 5.56 Å². The molecular weight excluding hydrogens is 278 g/mol. The molecule has 1 atom stereocenters. The van der Waals surface area contributed by atoms with Gasteiger partial charge in [-0.3, -0.25) is 4.79 Å². The van der Waals surface area contributed by atoms with Gasteiger partial charge in [-0.2, -0.15) is 0 Å². The van der Waals surface area contributed by atoms with E-state index < -0.39 is 0 Å². The molecule has 0 saturated carbocycles. The van der Waals surface area contributed by atoms with Crippen LogP contribution in [0.15, 0.2) is 48.5 Å². The van der Waals surface area contributed by atoms with Crippen molar-refractivity contribution >= 4 is 11.6 Å². The molecule has 4 heteroatoms. The molecule has 0 aliphatic carbocycles. The van der Waals surface area contributed by atoms with Crippen molar-refractivity contribution in [3.63, 3.8) is 0 Å². The summed E-state index contributed by atoms with van der Waals surface area (Å²) in [5.74, 6) is 1.58. The maximum Gasteiger partial charge on any atom is 0.224 e. The Morgan fingerprint density at radius 2 is 1.82 bits per heavy atom. The van der Waals surface area contributed by atoms with E-state index in [4.69, 9.17) is 9.47 Å². The third kappa shape index (κ3) is 3.39. The zero-order chi connectivity index (χ0) is 15.4. The van der Waals surface area contributed by atoms with Crippen LogP contribution in [0.1, 0.15) is 24.8 Å². The summed E-state index contributed by atoms with van der Waals surface area (Å²) in [7, 11) is 0. The quantitative estimate of drug-likeness (QED) is 0.938. The van der Waals surface area contributed by atoms with Crippen LogP contribution in [-0.4, -0.2) is 19.1 Å². The van der Waals surface area contributed by atoms with Gasteiger partial charge in [-0.25, -0.2) is 0 Å². The molecular formula is C18H19NO3. The first kappa shape index (κ1) is 14.4. The molecule has 1 unspecified atom stereocenters. The first-order chi connectivity index (χ1) is 10.7. The number of fused-ring (bicyclic) bond motifs is 1. The second kappa shape index (κ2) is 6.52. The van der Waals surface area contributed by atoms with Gasteiger partial charge >= 0.3 is 0 Å². The third-order valence-electron chi connectivity index (χ3n) is 3.69. The van der Waals surface area contributed by atoms with Gasteiger partial charge in [-0.05, 0) is 23.6 Å². The van der Waals surface area contributed by atoms with E-state index in [1.807, 2.05) is 42.5 Å². The van der Waals surface area contributed by atoms with Crippen molar-refractivity contribution in [1.29, 1.82) is 0 Å². The summed E-state index contributed by atoms with van der Waals surface area (Å²) in [4.78, 5) is 12.2. The summed E-state index contributed by atoms with van der Waals surface area (Å²) in [5, 5.41) is 2.92. The Kier molecular flexibility index (Phi) is 4.28. The molecule has 1 N–H and O–H groups in total. The molecule has 0 bridgehead atoms. The second-order valence-corrected chi connectivity index (χ2v) is 5.42. The minimum atomic E-state index is -0.00645. The first-order valence-electron chi connectivity index (χ1n) is 7.47. The van der Waals surface area contributed by atoms with Crippen molar-refractivity contribution in [2.45, 2.75) is 19.3 Å². The number of amides is 1. The highest BCUT2D eigenvalue weighted by Gasteiger charge is 2.14. The van der Waals surface area contributed by atoms with Crippen LogP contribution in [0.25, 0.3) is 0 Å². The molecule has 0 spiro atoms. The molecule has 1 heterocycles. The van der Waals surface area contributed by atoms with Crippen LogP contribution in [0.3, 0.4) is 0 Å². The van der Waals surface area contributed by atoms with Gasteiger partial charge in [0.2, 0.25) is 5.91 Å². The number of carbonyl (C=O) groups is 1. The highest BCUT2D eigenvalue weighted by molar-refractivity contribution is 5.91. The van der Waals surface area contributed by atoms with Gasteiger partial charge in [0.25, 0.3) is 0 Å². The minimum absolute atomic E-state index is 0.00645. The van der Waals surface area contributed by atoms with E-state index in [2.05, 4.69) is 12.2 Å². The van der Waals surface area contributed by atoms with E-state index >= 15 is 0 Å². The van der Waals surface area contributed by atoms with Crippen LogP contribution in [0, 0.1) is 0 Å². The maximum absolute atomic E-state index is 12.2. The molecule has 4 nitrogen and oxygen atoms in total. The summed E-state index contributed by atoms with van der Waals surface area (Å²) < 4.78 is 11.0. The lowest BCUT2D eigenvalue weighted by Crippen LogP contribution is -2.17. The standard InChI is InChI=1S/C18H19NO3/c1-13(14-5-3-2-4-6-14)11-18(20)19-15-7-8-16-17(12-15)22-10-9-21-16/h2-8,12-13H,9-11H2,1H3,(H,19,20). The molecule has 0 saturated heterocycles. The van der Waals surface area contributed by atoms with Crippen LogP contribution in [-0.2, 0) is 4.79 Å². The monoisotopic (exact) mass is 297 g/mol. The zero-order valence-corrected chi connectivity index (χ0v) is 12.5. The van der Waals surface area contributed by atoms with Crippen LogP contribution >= 0.6 is 0 Å². The number of hydrogen-bond donors (Lipinski definition) is 1. The molecule has 1 aliphatic rings. The Hall–Kier alpha value is -2.49. The molecule has 3 rings (SSSR count). The average molecular weight is 297 g/mol. The molecule has 0 aromatic heterocycles. The Morgan fingerprint density at radius 3 is 2.59 bits per heavy atom. The van der Waals surface area contributed by atoms with Gasteiger partial charge in [0.1, 0.15) is 13.2 Å². The van der Waals surface area contributed by atoms with E-state index in [1.54, 1.807) is 6.07 Å². The van der Waals surface area contributed by atoms with Crippen LogP contribution in [0.2, 0.25) is 0 Å². The number of anilines is 1. The van der Waals surface area contributed by atoms with Crippen molar-refractivity contribution in [3.8, 4) is 11.5 Å². The largest absolute Gasteiger partial charge is 0.486 e. The Balaban J connectivity index is 1.62. The van der Waals surface area contributed by atoms with Crippen molar-refractivity contribution in [1.82, 2.24) is 0 Å². The normalized spacial score (nSPS) is 14.2. The van der Waals surface area contributed by atoms with Crippen molar-refractivity contribution < 1.29 is 14.3 Å². The third-order valence-corrected chi connectivity index (χ3v) is 3.69. The number of nitrogens with one attached hydrogen (secondary N) is 1. The van der Waals surface area contributed by atoms with E-state index in [9.17, 15) is 4.79 Å². The molecule has 114 valence electrons. The first-order valence-corrected chi connectivity index (χ1v) is 7.47. The highest BCUT2D eigenvalue weighted by Crippen LogP contribution is 2.32. The van der Waals surface area contributed by atoms with Crippen LogP contribution in [0.5, 0.6) is 11.5 Å². The van der Waals surface area contributed by atoms with Gasteiger partial charge < -0.3 is 14.8 Å². The molecule has 1 aliphatic heterocycles. The molecule has 2 aromatic carbocycles. The fourth-order valence-electron chi connectivity index (χ4n) is 2.51. The topological polar surface area (TPSA) is 47.6 Å². The maximum atomic E-state index is 12.2. The fourth-order valence-corrected chi connectivity index (χ4v) is 2.51. The van der Waals surface area contributed by atoms with E-state index in [-0.39, 0.29) is 11.8 Å². The van der Waals surface area contributed by atoms with Gasteiger partial charge in [-0.15, -0.1) is 0 Å². The van der Waals surface area contributed by atoms with Crippen LogP contribution < -0.4 is 14.8 Å². The van der Waals surface area contributed by atoms with Crippen LogP contribution in [0.4, 0.5) is 5.69 Å². The predicted octanol–water partition coefficient (Wildman–Crippen LogP) is 3.59. The van der Waals surface area contributed by atoms with Gasteiger partial charge in [-0.1, -0.05) is 37.3 Å². The molecule has 22 heavy (non-hydrogen) atoms. The lowest BCUT2D eigenvalue weighted by molar-refractivity contribution is -0.116. The smallest absolute Gasteiger partial charge is 0.224 e. The summed E-state index contributed by atoms with van der Waals surface area (Å²) in [6.45, 7) is 3.15. The second-order valence-electron chi connectivity index (χ2n) is 5.42. The number of rotatable bonds is 4. The Labute approximate surface area is 130 Å². The van der Waals surface area contributed by atoms with Crippen molar-refractivity contribution in [3.05, 3.63) is 54.1 Å². The summed E-state index contributed by atoms with van der Waals surface area (Å²) in [6, 6.07) is 15.5. The molecule has 1 amide bonds. The molecule has 0 radical (unpaired) electrons. The zero-order valence-electron chi connectivity index (χ0n) is 12.5. The Morgan fingerprint density at radius 1 is 1.09 bits per heavy atom. The number of benzene rings is 2. The summed E-state index contributed by atoms with van der Waals surface area (Å²) >= 11 is 0. The number of carbonyl (C=O) groups excluding carboxylic acids is 1. The Bertz CT molecular complexity index is 655. The summed E-state index contributed by atoms with van der Waals surface area (Å²) in [5.41, 5.74) is 1.90. The number of ether oxygens (including phenoxy) is 2. The molecule has 0 fully saturated rings. The highest BCUT2D eigenvalue weighted by atomic mass is 16.6. The van der Waals surface area contributed by atoms with Gasteiger partial charge in [0, 0.05) is 18.2 Å². The SMILES string of the molecule is CC(CC(=O)Nc1ccc2c(c1)OCCO2)c1ccccc1. The fraction of sp³-hybridized carbons (Fsp3) is 0.278. The van der Waals surface area contributed by atoms with E-state index in [0.717, 1.165) is 11.4 Å². The minimum Gasteiger partial charge on any atom is -0.486 e. The molecule has 2 aromatic rings. The lowest BCUT2D eigenvalue weighted by Gasteiger charge is -2.19. The summed E-state index contributed by atoms with van der Waals surface area (Å²) in [6.07, 6.45) is 0.443. The van der Waals surface area contributed by atoms with Crippen molar-refractivity contribution in [2.75, 3.05) is 18.5 Å². The lowest BCUT2D eigenvalue weighted by atomic mass is 9.97. The number of hydrogen-bond acceptors (Lipinski definition) is 3. The van der Waals surface area contributed by atoms with Crippen molar-refractivity contribution in [2.24, 2.45) is 0 Å². The van der Waals surface area contributed by atoms with Gasteiger partial charge in [0.05, 0.1) is 0 Å². The average Bonchev–Trinajstić information content (AvgIpc) is 2.55. The van der Waals surface area contributed by atoms with Gasteiger partial charge in [0.15, 0.2) is 11.5 Å².